The number of nitrogens with one attached hydrogen (secondary N) is 1. The van der Waals surface area contributed by atoms with Gasteiger partial charge in [0.05, 0.1) is 0 Å². The number of amides is 2. The summed E-state index contributed by atoms with van der Waals surface area (Å²) in [6.45, 7) is 4.96. The molecule has 0 aliphatic carbocycles. The van der Waals surface area contributed by atoms with Crippen LogP contribution in [0.25, 0.3) is 0 Å². The van der Waals surface area contributed by atoms with Gasteiger partial charge < -0.3 is 15.3 Å². The number of benzene rings is 2. The van der Waals surface area contributed by atoms with Gasteiger partial charge in [-0.25, -0.2) is 4.39 Å². The summed E-state index contributed by atoms with van der Waals surface area (Å²) >= 11 is 5.96. The van der Waals surface area contributed by atoms with Crippen molar-refractivity contribution in [1.29, 1.82) is 0 Å². The molecule has 160 valence electrons. The predicted octanol–water partition coefficient (Wildman–Crippen LogP) is 4.35. The fourth-order valence-electron chi connectivity index (χ4n) is 3.76. The Morgan fingerprint density at radius 1 is 1.13 bits per heavy atom. The van der Waals surface area contributed by atoms with Crippen molar-refractivity contribution in [2.24, 2.45) is 5.92 Å². The number of hydrogen-bond acceptors (Lipinski definition) is 3. The average Bonchev–Trinajstić information content (AvgIpc) is 2.74. The number of nitrogens with zero attached hydrogens (tertiary/aromatic N) is 1. The minimum atomic E-state index is -0.799. The zero-order valence-electron chi connectivity index (χ0n) is 17.1. The van der Waals surface area contributed by atoms with Crippen LogP contribution in [0.2, 0.25) is 5.02 Å². The number of piperidine rings is 1. The average molecular weight is 433 g/mol. The van der Waals surface area contributed by atoms with E-state index in [0.717, 1.165) is 25.0 Å². The fraction of sp³-hybridized carbons (Fsp3) is 0.391. The zero-order chi connectivity index (χ0) is 21.8. The lowest BCUT2D eigenvalue weighted by Crippen LogP contribution is -2.52. The molecule has 1 atom stereocenters. The normalized spacial score (nSPS) is 15.8. The van der Waals surface area contributed by atoms with E-state index in [2.05, 4.69) is 5.32 Å². The number of hydrogen-bond donors (Lipinski definition) is 2. The summed E-state index contributed by atoms with van der Waals surface area (Å²) in [6.07, 6.45) is 1.69. The number of phenols is 1. The van der Waals surface area contributed by atoms with Gasteiger partial charge in [0.25, 0.3) is 5.91 Å². The smallest absolute Gasteiger partial charge is 0.252 e. The first-order valence-electron chi connectivity index (χ1n) is 10.1. The molecule has 0 bridgehead atoms. The zero-order valence-corrected chi connectivity index (χ0v) is 17.8. The van der Waals surface area contributed by atoms with Gasteiger partial charge in [-0.3, -0.25) is 9.59 Å². The fourth-order valence-corrected chi connectivity index (χ4v) is 3.88. The van der Waals surface area contributed by atoms with E-state index in [0.29, 0.717) is 24.0 Å². The van der Waals surface area contributed by atoms with Crippen LogP contribution in [0.4, 0.5) is 4.39 Å². The minimum Gasteiger partial charge on any atom is -0.505 e. The van der Waals surface area contributed by atoms with Crippen LogP contribution in [0.3, 0.4) is 0 Å². The van der Waals surface area contributed by atoms with E-state index < -0.39 is 23.5 Å². The van der Waals surface area contributed by atoms with Crippen LogP contribution in [0.15, 0.2) is 42.5 Å². The van der Waals surface area contributed by atoms with Gasteiger partial charge in [0.15, 0.2) is 11.6 Å². The van der Waals surface area contributed by atoms with E-state index in [-0.39, 0.29) is 17.4 Å². The van der Waals surface area contributed by atoms with Gasteiger partial charge in [0.2, 0.25) is 5.91 Å². The summed E-state index contributed by atoms with van der Waals surface area (Å²) in [5.74, 6) is -1.79. The third kappa shape index (κ3) is 5.11. The number of aromatic hydroxyl groups is 1. The van der Waals surface area contributed by atoms with Gasteiger partial charge in [0, 0.05) is 23.7 Å². The minimum absolute atomic E-state index is 0.105. The van der Waals surface area contributed by atoms with Crippen molar-refractivity contribution in [1.82, 2.24) is 10.2 Å². The monoisotopic (exact) mass is 432 g/mol. The Balaban J connectivity index is 1.63. The predicted molar refractivity (Wildman–Crippen MR) is 114 cm³/mol. The second-order valence-electron chi connectivity index (χ2n) is 8.01. The molecule has 0 saturated carbocycles. The molecular weight excluding hydrogens is 407 g/mol. The number of carbonyl (C=O) groups excluding carboxylic acids is 2. The highest BCUT2D eigenvalue weighted by atomic mass is 35.5. The van der Waals surface area contributed by atoms with E-state index in [1.54, 1.807) is 4.90 Å². The summed E-state index contributed by atoms with van der Waals surface area (Å²) in [6, 6.07) is 10.5. The lowest BCUT2D eigenvalue weighted by molar-refractivity contribution is -0.135. The Bertz CT molecular complexity index is 909. The molecule has 2 amide bonds. The van der Waals surface area contributed by atoms with Crippen molar-refractivity contribution in [3.8, 4) is 5.75 Å². The molecule has 1 fully saturated rings. The molecular formula is C23H26ClFN2O3. The summed E-state index contributed by atoms with van der Waals surface area (Å²) in [4.78, 5) is 27.4. The Kier molecular flexibility index (Phi) is 6.98. The van der Waals surface area contributed by atoms with Gasteiger partial charge >= 0.3 is 0 Å². The van der Waals surface area contributed by atoms with Gasteiger partial charge in [-0.2, -0.15) is 0 Å². The van der Waals surface area contributed by atoms with E-state index in [4.69, 9.17) is 11.6 Å². The van der Waals surface area contributed by atoms with Crippen LogP contribution < -0.4 is 5.32 Å². The van der Waals surface area contributed by atoms with Gasteiger partial charge in [-0.05, 0) is 60.6 Å². The third-order valence-electron chi connectivity index (χ3n) is 5.58. The van der Waals surface area contributed by atoms with Crippen molar-refractivity contribution in [2.75, 3.05) is 13.1 Å². The summed E-state index contributed by atoms with van der Waals surface area (Å²) in [5, 5.41) is 13.0. The number of carbonyl (C=O) groups is 2. The second kappa shape index (κ2) is 9.47. The van der Waals surface area contributed by atoms with Gasteiger partial charge in [-0.15, -0.1) is 0 Å². The first-order valence-corrected chi connectivity index (χ1v) is 10.5. The summed E-state index contributed by atoms with van der Waals surface area (Å²) in [7, 11) is 0. The molecule has 30 heavy (non-hydrogen) atoms. The maximum Gasteiger partial charge on any atom is 0.252 e. The molecule has 2 aromatic rings. The molecule has 1 saturated heterocycles. The number of halogens is 2. The molecule has 3 rings (SSSR count). The Morgan fingerprint density at radius 3 is 2.33 bits per heavy atom. The van der Waals surface area contributed by atoms with Crippen LogP contribution >= 0.6 is 11.6 Å². The number of rotatable bonds is 5. The molecule has 0 unspecified atom stereocenters. The molecule has 0 spiro atoms. The first-order chi connectivity index (χ1) is 14.3. The van der Waals surface area contributed by atoms with Crippen molar-refractivity contribution in [2.45, 2.75) is 38.6 Å². The van der Waals surface area contributed by atoms with E-state index in [1.165, 1.54) is 11.6 Å². The van der Waals surface area contributed by atoms with E-state index >= 15 is 0 Å². The topological polar surface area (TPSA) is 69.6 Å². The van der Waals surface area contributed by atoms with Crippen LogP contribution in [0.5, 0.6) is 5.75 Å². The van der Waals surface area contributed by atoms with Crippen molar-refractivity contribution in [3.05, 3.63) is 64.4 Å². The SMILES string of the molecule is CC(C)[C@@H](NC(=O)c1ccc(F)c(O)c1)C(=O)N1CCC(c2ccc(Cl)cc2)CC1. The molecule has 1 heterocycles. The number of phenolic OH excluding ortho intramolecular Hbond substituents is 1. The quantitative estimate of drug-likeness (QED) is 0.738. The highest BCUT2D eigenvalue weighted by Gasteiger charge is 2.31. The van der Waals surface area contributed by atoms with Crippen LogP contribution in [0.1, 0.15) is 48.5 Å². The Hall–Kier alpha value is -2.60. The molecule has 1 aliphatic heterocycles. The molecule has 0 radical (unpaired) electrons. The van der Waals surface area contributed by atoms with Crippen molar-refractivity contribution >= 4 is 23.4 Å². The van der Waals surface area contributed by atoms with Crippen LogP contribution in [-0.2, 0) is 4.79 Å². The van der Waals surface area contributed by atoms with Crippen molar-refractivity contribution in [3.63, 3.8) is 0 Å². The molecule has 2 N–H and O–H groups in total. The largest absolute Gasteiger partial charge is 0.505 e. The lowest BCUT2D eigenvalue weighted by Gasteiger charge is -2.35. The first kappa shape index (κ1) is 22.1. The summed E-state index contributed by atoms with van der Waals surface area (Å²) in [5.41, 5.74) is 1.32. The van der Waals surface area contributed by atoms with Gasteiger partial charge in [0.1, 0.15) is 6.04 Å². The van der Waals surface area contributed by atoms with Crippen molar-refractivity contribution < 1.29 is 19.1 Å². The molecule has 0 aromatic heterocycles. The van der Waals surface area contributed by atoms with Gasteiger partial charge in [-0.1, -0.05) is 37.6 Å². The van der Waals surface area contributed by atoms with Crippen LogP contribution in [-0.4, -0.2) is 41.0 Å². The van der Waals surface area contributed by atoms with E-state index in [9.17, 15) is 19.1 Å². The van der Waals surface area contributed by atoms with Crippen LogP contribution in [0, 0.1) is 11.7 Å². The maximum atomic E-state index is 13.2. The summed E-state index contributed by atoms with van der Waals surface area (Å²) < 4.78 is 13.2. The molecule has 5 nitrogen and oxygen atoms in total. The molecule has 7 heteroatoms. The second-order valence-corrected chi connectivity index (χ2v) is 8.45. The molecule has 2 aromatic carbocycles. The lowest BCUT2D eigenvalue weighted by atomic mass is 9.89. The molecule has 1 aliphatic rings. The third-order valence-corrected chi connectivity index (χ3v) is 5.83. The highest BCUT2D eigenvalue weighted by molar-refractivity contribution is 6.30. The van der Waals surface area contributed by atoms with E-state index in [1.807, 2.05) is 38.1 Å². The highest BCUT2D eigenvalue weighted by Crippen LogP contribution is 2.29. The maximum absolute atomic E-state index is 13.2. The Morgan fingerprint density at radius 2 is 1.77 bits per heavy atom. The standard InChI is InChI=1S/C23H26ClFN2O3/c1-14(2)21(26-22(29)17-5-8-19(25)20(28)13-17)23(30)27-11-9-16(10-12-27)15-3-6-18(24)7-4-15/h3-8,13-14,16,21,28H,9-12H2,1-2H3,(H,26,29)/t21-/m1/s1. The Labute approximate surface area is 180 Å². The number of likely N-dealkylation sites (tertiary alicyclic amines) is 1.